The number of amides is 1. The molecule has 4 heterocycles. The zero-order valence-corrected chi connectivity index (χ0v) is 17.5. The fraction of sp³-hybridized carbons (Fsp3) is 0.300. The van der Waals surface area contributed by atoms with Gasteiger partial charge < -0.3 is 18.9 Å². The molecule has 0 aliphatic carbocycles. The van der Waals surface area contributed by atoms with Crippen LogP contribution in [0.1, 0.15) is 22.2 Å². The van der Waals surface area contributed by atoms with Crippen LogP contribution in [0.3, 0.4) is 0 Å². The predicted molar refractivity (Wildman–Crippen MR) is 110 cm³/mol. The van der Waals surface area contributed by atoms with E-state index in [4.69, 9.17) is 32.7 Å². The molecule has 5 rings (SSSR count). The van der Waals surface area contributed by atoms with E-state index in [0.717, 1.165) is 0 Å². The number of hydrogen-bond acceptors (Lipinski definition) is 6. The number of morpholine rings is 1. The molecule has 1 amide bonds. The molecule has 2 aliphatic rings. The molecule has 10 heteroatoms. The summed E-state index contributed by atoms with van der Waals surface area (Å²) in [6.45, 7) is 1.21. The number of carbonyl (C=O) groups excluding carboxylic acids is 1. The Balaban J connectivity index is 1.55. The number of nitrogens with zero attached hydrogens (tertiary/aromatic N) is 5. The Bertz CT molecular complexity index is 1140. The van der Waals surface area contributed by atoms with Crippen molar-refractivity contribution in [1.29, 1.82) is 0 Å². The lowest BCUT2D eigenvalue weighted by molar-refractivity contribution is -0.0569. The first-order chi connectivity index (χ1) is 14.6. The van der Waals surface area contributed by atoms with Gasteiger partial charge in [0.15, 0.2) is 11.6 Å². The molecule has 30 heavy (non-hydrogen) atoms. The zero-order valence-electron chi connectivity index (χ0n) is 16.0. The van der Waals surface area contributed by atoms with E-state index in [1.54, 1.807) is 42.5 Å². The summed E-state index contributed by atoms with van der Waals surface area (Å²) < 4.78 is 13.0. The van der Waals surface area contributed by atoms with Gasteiger partial charge in [-0.2, -0.15) is 0 Å². The van der Waals surface area contributed by atoms with Gasteiger partial charge in [0.1, 0.15) is 17.5 Å². The predicted octanol–water partition coefficient (Wildman–Crippen LogP) is 3.25. The summed E-state index contributed by atoms with van der Waals surface area (Å²) in [5.41, 5.74) is 1.02. The highest BCUT2D eigenvalue weighted by molar-refractivity contribution is 6.43. The molecule has 0 radical (unpaired) electrons. The van der Waals surface area contributed by atoms with E-state index in [2.05, 4.69) is 15.2 Å². The number of benzene rings is 1. The van der Waals surface area contributed by atoms with Crippen molar-refractivity contribution < 1.29 is 14.3 Å². The van der Waals surface area contributed by atoms with Gasteiger partial charge in [-0.05, 0) is 18.2 Å². The maximum atomic E-state index is 13.4. The van der Waals surface area contributed by atoms with Crippen LogP contribution in [0.15, 0.2) is 36.5 Å². The lowest BCUT2D eigenvalue weighted by Gasteiger charge is -2.45. The number of aromatic nitrogens is 4. The minimum atomic E-state index is -0.382. The topological polar surface area (TPSA) is 82.4 Å². The van der Waals surface area contributed by atoms with Crippen molar-refractivity contribution in [1.82, 2.24) is 24.6 Å². The van der Waals surface area contributed by atoms with Crippen molar-refractivity contribution >= 4 is 29.1 Å². The van der Waals surface area contributed by atoms with Crippen LogP contribution in [0.4, 0.5) is 0 Å². The van der Waals surface area contributed by atoms with Crippen molar-refractivity contribution in [2.24, 2.45) is 0 Å². The van der Waals surface area contributed by atoms with Crippen molar-refractivity contribution in [2.75, 3.05) is 20.3 Å². The van der Waals surface area contributed by atoms with Crippen LogP contribution < -0.4 is 4.74 Å². The fourth-order valence-corrected chi connectivity index (χ4v) is 4.37. The van der Waals surface area contributed by atoms with Gasteiger partial charge in [0, 0.05) is 18.8 Å². The lowest BCUT2D eigenvalue weighted by Crippen LogP contribution is -2.56. The number of halogens is 2. The summed E-state index contributed by atoms with van der Waals surface area (Å²) >= 11 is 12.4. The summed E-state index contributed by atoms with van der Waals surface area (Å²) in [6, 6.07) is 8.06. The number of methoxy groups -OCH3 is 1. The van der Waals surface area contributed by atoms with Gasteiger partial charge >= 0.3 is 0 Å². The van der Waals surface area contributed by atoms with Crippen LogP contribution in [0.2, 0.25) is 10.0 Å². The lowest BCUT2D eigenvalue weighted by atomic mass is 10.0. The SMILES string of the molecule is COc1ccnc(-c2nnc3n2CC2COCC3N2C(=O)c2cccc(Cl)c2Cl)c1. The van der Waals surface area contributed by atoms with E-state index in [1.807, 2.05) is 10.6 Å². The average molecular weight is 446 g/mol. The van der Waals surface area contributed by atoms with Gasteiger partial charge in [0.2, 0.25) is 0 Å². The summed E-state index contributed by atoms with van der Waals surface area (Å²) in [5.74, 6) is 1.77. The molecule has 2 atom stereocenters. The second-order valence-electron chi connectivity index (χ2n) is 7.09. The van der Waals surface area contributed by atoms with E-state index in [9.17, 15) is 4.79 Å². The number of fused-ring (bicyclic) bond motifs is 4. The number of hydrogen-bond donors (Lipinski definition) is 0. The first-order valence-corrected chi connectivity index (χ1v) is 10.1. The Labute approximate surface area is 182 Å². The molecule has 1 saturated heterocycles. The van der Waals surface area contributed by atoms with Gasteiger partial charge in [0.25, 0.3) is 5.91 Å². The first-order valence-electron chi connectivity index (χ1n) is 9.36. The Kier molecular flexibility index (Phi) is 4.85. The molecule has 2 bridgehead atoms. The maximum Gasteiger partial charge on any atom is 0.256 e. The van der Waals surface area contributed by atoms with Gasteiger partial charge in [-0.25, -0.2) is 0 Å². The zero-order chi connectivity index (χ0) is 20.8. The fourth-order valence-electron chi connectivity index (χ4n) is 3.99. The van der Waals surface area contributed by atoms with Crippen molar-refractivity contribution in [3.63, 3.8) is 0 Å². The highest BCUT2D eigenvalue weighted by atomic mass is 35.5. The Morgan fingerprint density at radius 1 is 1.23 bits per heavy atom. The summed E-state index contributed by atoms with van der Waals surface area (Å²) in [7, 11) is 1.60. The molecule has 1 fully saturated rings. The van der Waals surface area contributed by atoms with Crippen molar-refractivity contribution in [3.8, 4) is 17.3 Å². The standard InChI is InChI=1S/C20H17Cl2N5O3/c1-29-12-5-6-23-15(7-12)18-24-25-19-16-10-30-9-11(8-26(18)19)27(16)20(28)13-3-2-4-14(21)17(13)22/h2-7,11,16H,8-10H2,1H3. The third-order valence-corrected chi connectivity index (χ3v) is 6.22. The highest BCUT2D eigenvalue weighted by Gasteiger charge is 2.44. The molecule has 2 aromatic heterocycles. The summed E-state index contributed by atoms with van der Waals surface area (Å²) in [4.78, 5) is 19.6. The maximum absolute atomic E-state index is 13.4. The molecule has 8 nitrogen and oxygen atoms in total. The molecule has 3 aromatic rings. The van der Waals surface area contributed by atoms with Crippen LogP contribution in [0.5, 0.6) is 5.75 Å². The van der Waals surface area contributed by atoms with Gasteiger partial charge in [-0.1, -0.05) is 29.3 Å². The van der Waals surface area contributed by atoms with Gasteiger partial charge in [-0.3, -0.25) is 9.78 Å². The number of rotatable bonds is 3. The average Bonchev–Trinajstić information content (AvgIpc) is 3.18. The number of carbonyl (C=O) groups is 1. The molecule has 2 unspecified atom stereocenters. The van der Waals surface area contributed by atoms with Crippen molar-refractivity contribution in [2.45, 2.75) is 18.6 Å². The third-order valence-electron chi connectivity index (χ3n) is 5.40. The summed E-state index contributed by atoms with van der Waals surface area (Å²) in [6.07, 6.45) is 1.67. The third kappa shape index (κ3) is 3.03. The van der Waals surface area contributed by atoms with E-state index in [1.165, 1.54) is 0 Å². The van der Waals surface area contributed by atoms with E-state index < -0.39 is 0 Å². The second-order valence-corrected chi connectivity index (χ2v) is 7.88. The molecule has 0 spiro atoms. The van der Waals surface area contributed by atoms with Crippen LogP contribution >= 0.6 is 23.2 Å². The van der Waals surface area contributed by atoms with Crippen LogP contribution in [-0.4, -0.2) is 56.9 Å². The molecule has 1 aromatic carbocycles. The van der Waals surface area contributed by atoms with Gasteiger partial charge in [0.05, 0.1) is 42.0 Å². The minimum absolute atomic E-state index is 0.195. The van der Waals surface area contributed by atoms with Crippen molar-refractivity contribution in [3.05, 3.63) is 58.0 Å². The molecular formula is C20H17Cl2N5O3. The smallest absolute Gasteiger partial charge is 0.256 e. The first kappa shape index (κ1) is 19.3. The molecule has 0 N–H and O–H groups in total. The quantitative estimate of drug-likeness (QED) is 0.615. The molecule has 154 valence electrons. The number of pyridine rings is 1. The van der Waals surface area contributed by atoms with Crippen LogP contribution in [0, 0.1) is 0 Å². The van der Waals surface area contributed by atoms with Gasteiger partial charge in [-0.15, -0.1) is 10.2 Å². The molecular weight excluding hydrogens is 429 g/mol. The molecule has 0 saturated carbocycles. The minimum Gasteiger partial charge on any atom is -0.497 e. The van der Waals surface area contributed by atoms with Crippen LogP contribution in [-0.2, 0) is 11.3 Å². The second kappa shape index (κ2) is 7.54. The Morgan fingerprint density at radius 2 is 2.10 bits per heavy atom. The normalized spacial score (nSPS) is 20.0. The number of ether oxygens (including phenoxy) is 2. The largest absolute Gasteiger partial charge is 0.497 e. The molecule has 2 aliphatic heterocycles. The monoisotopic (exact) mass is 445 g/mol. The van der Waals surface area contributed by atoms with E-state index in [-0.39, 0.29) is 23.0 Å². The van der Waals surface area contributed by atoms with E-state index >= 15 is 0 Å². The summed E-state index contributed by atoms with van der Waals surface area (Å²) in [5, 5.41) is 9.32. The van der Waals surface area contributed by atoms with Crippen LogP contribution in [0.25, 0.3) is 11.5 Å². The highest BCUT2D eigenvalue weighted by Crippen LogP contribution is 2.37. The Hall–Kier alpha value is -2.68. The Morgan fingerprint density at radius 3 is 2.93 bits per heavy atom. The van der Waals surface area contributed by atoms with E-state index in [0.29, 0.717) is 53.4 Å².